The second-order valence-electron chi connectivity index (χ2n) is 7.65. The van der Waals surface area contributed by atoms with E-state index >= 15 is 0 Å². The summed E-state index contributed by atoms with van der Waals surface area (Å²) in [5.41, 5.74) is 7.36. The number of para-hydroxylation sites is 1. The van der Waals surface area contributed by atoms with Crippen molar-refractivity contribution in [2.75, 3.05) is 30.8 Å². The average Bonchev–Trinajstić information content (AvgIpc) is 2.79. The predicted molar refractivity (Wildman–Crippen MR) is 115 cm³/mol. The highest BCUT2D eigenvalue weighted by Crippen LogP contribution is 2.36. The lowest BCUT2D eigenvalue weighted by molar-refractivity contribution is 0.0599. The number of esters is 1. The second kappa shape index (κ2) is 8.78. The van der Waals surface area contributed by atoms with E-state index < -0.39 is 23.5 Å². The maximum Gasteiger partial charge on any atom is 0.338 e. The Morgan fingerprint density at radius 2 is 1.91 bits per heavy atom. The van der Waals surface area contributed by atoms with E-state index in [0.29, 0.717) is 42.9 Å². The number of hydrogen-bond acceptors (Lipinski definition) is 7. The molecule has 7 nitrogen and oxygen atoms in total. The number of carbonyl (C=O) groups is 1. The summed E-state index contributed by atoms with van der Waals surface area (Å²) in [5.74, 6) is -2.57. The summed E-state index contributed by atoms with van der Waals surface area (Å²) in [5, 5.41) is 18.2. The number of anilines is 2. The number of phenols is 1. The summed E-state index contributed by atoms with van der Waals surface area (Å²) in [6.45, 7) is 0.928. The number of halogens is 2. The molecule has 0 amide bonds. The van der Waals surface area contributed by atoms with Crippen LogP contribution in [0.2, 0.25) is 0 Å². The fraction of sp³-hybridized carbons (Fsp3) is 0.261. The van der Waals surface area contributed by atoms with Crippen molar-refractivity contribution in [3.05, 3.63) is 65.2 Å². The number of nitrogens with zero attached hydrogens (tertiary/aromatic N) is 3. The minimum Gasteiger partial charge on any atom is -0.507 e. The Kier molecular flexibility index (Phi) is 5.89. The smallest absolute Gasteiger partial charge is 0.338 e. The van der Waals surface area contributed by atoms with Crippen LogP contribution in [-0.2, 0) is 4.74 Å². The summed E-state index contributed by atoms with van der Waals surface area (Å²) in [6, 6.07) is 10.5. The number of nitrogens with two attached hydrogens (primary N) is 1. The molecule has 2 aromatic carbocycles. The summed E-state index contributed by atoms with van der Waals surface area (Å²) >= 11 is 0. The molecule has 1 saturated heterocycles. The third-order valence-electron chi connectivity index (χ3n) is 5.65. The maximum atomic E-state index is 14.8. The van der Waals surface area contributed by atoms with E-state index in [2.05, 4.69) is 14.9 Å². The number of hydrogen-bond donors (Lipinski definition) is 2. The fourth-order valence-electron chi connectivity index (χ4n) is 4.11. The highest BCUT2D eigenvalue weighted by atomic mass is 19.1. The number of piperidine rings is 1. The molecule has 3 N–H and O–H groups in total. The molecular formula is C23H22F2N4O3. The summed E-state index contributed by atoms with van der Waals surface area (Å²) in [4.78, 5) is 13.6. The molecule has 2 heterocycles. The molecular weight excluding hydrogens is 418 g/mol. The van der Waals surface area contributed by atoms with Gasteiger partial charge in [-0.05, 0) is 43.2 Å². The molecule has 1 atom stereocenters. The van der Waals surface area contributed by atoms with Crippen LogP contribution in [0.1, 0.15) is 34.7 Å². The number of aromatic hydroxyl groups is 1. The number of aromatic nitrogens is 2. The molecule has 1 aliphatic rings. The van der Waals surface area contributed by atoms with Gasteiger partial charge in [-0.25, -0.2) is 13.6 Å². The van der Waals surface area contributed by atoms with Gasteiger partial charge in [0.25, 0.3) is 0 Å². The molecule has 9 heteroatoms. The SMILES string of the molecule is COC(=O)c1cc(F)c([C@H]2CCCN(c3cc(-c4ccccc4O)nnc3N)C2)c(F)c1. The number of ether oxygens (including phenoxy) is 1. The fourth-order valence-corrected chi connectivity index (χ4v) is 4.11. The number of benzene rings is 2. The minimum atomic E-state index is -0.799. The molecule has 32 heavy (non-hydrogen) atoms. The third-order valence-corrected chi connectivity index (χ3v) is 5.65. The molecule has 0 saturated carbocycles. The van der Waals surface area contributed by atoms with Gasteiger partial charge in [-0.15, -0.1) is 10.2 Å². The van der Waals surface area contributed by atoms with Gasteiger partial charge in [0.1, 0.15) is 17.4 Å². The van der Waals surface area contributed by atoms with Gasteiger partial charge in [0.15, 0.2) is 5.82 Å². The molecule has 1 aliphatic heterocycles. The van der Waals surface area contributed by atoms with Crippen molar-refractivity contribution >= 4 is 17.5 Å². The van der Waals surface area contributed by atoms with Gasteiger partial charge in [-0.3, -0.25) is 0 Å². The van der Waals surface area contributed by atoms with E-state index in [4.69, 9.17) is 5.73 Å². The molecule has 0 radical (unpaired) electrons. The van der Waals surface area contributed by atoms with Crippen LogP contribution in [-0.4, -0.2) is 41.5 Å². The molecule has 0 bridgehead atoms. The first-order valence-electron chi connectivity index (χ1n) is 10.1. The number of rotatable bonds is 4. The van der Waals surface area contributed by atoms with E-state index in [9.17, 15) is 18.7 Å². The Hall–Kier alpha value is -3.75. The molecule has 1 aromatic heterocycles. The van der Waals surface area contributed by atoms with Crippen LogP contribution < -0.4 is 10.6 Å². The second-order valence-corrected chi connectivity index (χ2v) is 7.65. The van der Waals surface area contributed by atoms with Crippen molar-refractivity contribution in [1.29, 1.82) is 0 Å². The first-order chi connectivity index (χ1) is 15.4. The zero-order valence-electron chi connectivity index (χ0n) is 17.4. The Labute approximate surface area is 183 Å². The number of phenolic OH excluding ortho intramolecular Hbond substituents is 1. The lowest BCUT2D eigenvalue weighted by Crippen LogP contribution is -2.35. The van der Waals surface area contributed by atoms with Crippen molar-refractivity contribution in [3.63, 3.8) is 0 Å². The lowest BCUT2D eigenvalue weighted by atomic mass is 9.89. The Bertz CT molecular complexity index is 1150. The number of nitrogen functional groups attached to an aromatic ring is 1. The van der Waals surface area contributed by atoms with E-state index in [1.807, 2.05) is 4.90 Å². The Morgan fingerprint density at radius 1 is 1.19 bits per heavy atom. The molecule has 166 valence electrons. The maximum absolute atomic E-state index is 14.8. The first-order valence-corrected chi connectivity index (χ1v) is 10.1. The van der Waals surface area contributed by atoms with Crippen LogP contribution in [0.3, 0.4) is 0 Å². The molecule has 0 spiro atoms. The Morgan fingerprint density at radius 3 is 2.59 bits per heavy atom. The quantitative estimate of drug-likeness (QED) is 0.594. The van der Waals surface area contributed by atoms with Crippen molar-refractivity contribution in [1.82, 2.24) is 10.2 Å². The van der Waals surface area contributed by atoms with Crippen LogP contribution in [0, 0.1) is 11.6 Å². The van der Waals surface area contributed by atoms with Gasteiger partial charge in [0, 0.05) is 30.1 Å². The minimum absolute atomic E-state index is 0.0591. The van der Waals surface area contributed by atoms with Crippen LogP contribution in [0.25, 0.3) is 11.3 Å². The highest BCUT2D eigenvalue weighted by molar-refractivity contribution is 5.89. The van der Waals surface area contributed by atoms with E-state index in [1.165, 1.54) is 0 Å². The van der Waals surface area contributed by atoms with Gasteiger partial charge >= 0.3 is 5.97 Å². The van der Waals surface area contributed by atoms with Gasteiger partial charge in [0.2, 0.25) is 0 Å². The topological polar surface area (TPSA) is 102 Å². The molecule has 0 unspecified atom stereocenters. The molecule has 1 fully saturated rings. The van der Waals surface area contributed by atoms with Crippen LogP contribution in [0.5, 0.6) is 5.75 Å². The molecule has 0 aliphatic carbocycles. The van der Waals surface area contributed by atoms with Crippen molar-refractivity contribution in [2.24, 2.45) is 0 Å². The third kappa shape index (κ3) is 4.05. The zero-order valence-corrected chi connectivity index (χ0v) is 17.4. The van der Waals surface area contributed by atoms with Gasteiger partial charge in [-0.2, -0.15) is 0 Å². The summed E-state index contributed by atoms with van der Waals surface area (Å²) < 4.78 is 34.1. The molecule has 4 rings (SSSR count). The largest absolute Gasteiger partial charge is 0.507 e. The number of carbonyl (C=O) groups excluding carboxylic acids is 1. The summed E-state index contributed by atoms with van der Waals surface area (Å²) in [6.07, 6.45) is 1.25. The average molecular weight is 440 g/mol. The van der Waals surface area contributed by atoms with Gasteiger partial charge < -0.3 is 20.5 Å². The van der Waals surface area contributed by atoms with Crippen molar-refractivity contribution < 1.29 is 23.4 Å². The lowest BCUT2D eigenvalue weighted by Gasteiger charge is -2.35. The Balaban J connectivity index is 1.65. The standard InChI is InChI=1S/C23H22F2N4O3/c1-32-23(31)14-9-16(24)21(17(25)10-14)13-5-4-8-29(12-13)19-11-18(27-28-22(19)26)15-6-2-3-7-20(15)30/h2-3,6-7,9-11,13,30H,4-5,8,12H2,1H3,(H2,26,28)/t13-/m0/s1. The first kappa shape index (κ1) is 21.5. The summed E-state index contributed by atoms with van der Waals surface area (Å²) in [7, 11) is 1.15. The van der Waals surface area contributed by atoms with Crippen molar-refractivity contribution in [3.8, 4) is 17.0 Å². The highest BCUT2D eigenvalue weighted by Gasteiger charge is 2.29. The van der Waals surface area contributed by atoms with E-state index in [-0.39, 0.29) is 22.7 Å². The zero-order chi connectivity index (χ0) is 22.8. The van der Waals surface area contributed by atoms with Crippen LogP contribution >= 0.6 is 0 Å². The van der Waals surface area contributed by atoms with Crippen molar-refractivity contribution in [2.45, 2.75) is 18.8 Å². The van der Waals surface area contributed by atoms with E-state index in [0.717, 1.165) is 19.2 Å². The van der Waals surface area contributed by atoms with E-state index in [1.54, 1.807) is 30.3 Å². The van der Waals surface area contributed by atoms with Crippen LogP contribution in [0.4, 0.5) is 20.3 Å². The van der Waals surface area contributed by atoms with Crippen LogP contribution in [0.15, 0.2) is 42.5 Å². The van der Waals surface area contributed by atoms with Gasteiger partial charge in [0.05, 0.1) is 24.1 Å². The normalized spacial score (nSPS) is 16.1. The monoisotopic (exact) mass is 440 g/mol. The molecule has 3 aromatic rings. The predicted octanol–water partition coefficient (Wildman–Crippen LogP) is 3.88. The van der Waals surface area contributed by atoms with Gasteiger partial charge in [-0.1, -0.05) is 12.1 Å². The number of methoxy groups -OCH3 is 1.